The Morgan fingerprint density at radius 2 is 1.72 bits per heavy atom. The van der Waals surface area contributed by atoms with Crippen molar-refractivity contribution in [1.29, 1.82) is 0 Å². The first-order valence-electron chi connectivity index (χ1n) is 17.2. The molecule has 8 rings (SSSR count). The van der Waals surface area contributed by atoms with Crippen LogP contribution in [-0.4, -0.2) is 97.8 Å². The van der Waals surface area contributed by atoms with Crippen molar-refractivity contribution in [2.45, 2.75) is 106 Å². The third-order valence-corrected chi connectivity index (χ3v) is 11.2. The number of hydrogen-bond acceptors (Lipinski definition) is 14. The average Bonchev–Trinajstić information content (AvgIpc) is 3.63. The number of carboxylic acid groups (broad SMARTS) is 1. The highest BCUT2D eigenvalue weighted by Gasteiger charge is 2.49. The number of benzene rings is 2. The van der Waals surface area contributed by atoms with Crippen LogP contribution in [-0.2, 0) is 25.6 Å². The molecule has 4 N–H and O–H groups in total. The Balaban J connectivity index is 0.963. The first-order chi connectivity index (χ1) is 25.8. The Bertz CT molecular complexity index is 2060. The van der Waals surface area contributed by atoms with Gasteiger partial charge in [0.05, 0.1) is 23.0 Å². The molecule has 3 saturated heterocycles. The molecule has 2 bridgehead atoms. The summed E-state index contributed by atoms with van der Waals surface area (Å²) in [5, 5.41) is 44.1. The summed E-state index contributed by atoms with van der Waals surface area (Å²) >= 11 is 1.16. The van der Waals surface area contributed by atoms with Crippen LogP contribution in [0.1, 0.15) is 66.1 Å². The van der Waals surface area contributed by atoms with E-state index in [-0.39, 0.29) is 53.0 Å². The van der Waals surface area contributed by atoms with Gasteiger partial charge in [-0.25, -0.2) is 19.0 Å². The van der Waals surface area contributed by atoms with E-state index < -0.39 is 60.6 Å². The number of piperidine rings is 1. The molecule has 4 aliphatic rings. The summed E-state index contributed by atoms with van der Waals surface area (Å²) in [6.07, 6.45) is -10.4. The standard InChI is InChI=1S/C35H33F4N3O11S/c36-21-9-15(32(48)51-33-28(45)26(43)27(44)30(50-33)31(46)47)10-23-25(21)40-34(54-23)42-16-7-8-17(42)12-18(11-16)49-13-20-24(41-53-29(20)14-5-6-14)19-3-1-2-4-22(19)52-35(37,38)39/h1-4,9-10,14,16-18,26-28,30,33,43-45H,5-8,11-13H2,(H,46,47)/t16-,17+,18?,26-,27-,28+,30-,33-/m0/s1. The van der Waals surface area contributed by atoms with Gasteiger partial charge >= 0.3 is 18.3 Å². The van der Waals surface area contributed by atoms with Crippen LogP contribution in [0.4, 0.5) is 22.7 Å². The molecule has 14 nitrogen and oxygen atoms in total. The first-order valence-corrected chi connectivity index (χ1v) is 18.0. The van der Waals surface area contributed by atoms with Crippen molar-refractivity contribution in [2.75, 3.05) is 4.90 Å². The van der Waals surface area contributed by atoms with Gasteiger partial charge in [-0.1, -0.05) is 28.6 Å². The lowest BCUT2D eigenvalue weighted by Crippen LogP contribution is -2.60. The van der Waals surface area contributed by atoms with Crippen LogP contribution < -0.4 is 9.64 Å². The van der Waals surface area contributed by atoms with E-state index in [0.717, 1.165) is 43.1 Å². The predicted octanol–water partition coefficient (Wildman–Crippen LogP) is 4.63. The maximum Gasteiger partial charge on any atom is 0.573 e. The molecule has 288 valence electrons. The molecule has 54 heavy (non-hydrogen) atoms. The van der Waals surface area contributed by atoms with Gasteiger partial charge in [0.1, 0.15) is 41.0 Å². The minimum atomic E-state index is -4.90. The number of aliphatic carboxylic acids is 1. The number of fused-ring (bicyclic) bond motifs is 3. The van der Waals surface area contributed by atoms with Crippen molar-refractivity contribution >= 4 is 38.6 Å². The number of carboxylic acids is 1. The van der Waals surface area contributed by atoms with Crippen molar-refractivity contribution in [1.82, 2.24) is 10.1 Å². The third-order valence-electron chi connectivity index (χ3n) is 10.2. The Morgan fingerprint density at radius 1 is 1.00 bits per heavy atom. The van der Waals surface area contributed by atoms with E-state index in [9.17, 15) is 43.2 Å². The highest BCUT2D eigenvalue weighted by atomic mass is 32.1. The van der Waals surface area contributed by atoms with Crippen molar-refractivity contribution in [3.8, 4) is 17.0 Å². The van der Waals surface area contributed by atoms with E-state index in [1.54, 1.807) is 6.07 Å². The molecule has 1 aliphatic carbocycles. The number of thiazole rings is 1. The molecule has 1 saturated carbocycles. The Labute approximate surface area is 306 Å². The lowest BCUT2D eigenvalue weighted by molar-refractivity contribution is -0.278. The summed E-state index contributed by atoms with van der Waals surface area (Å²) in [6.45, 7) is 0.0692. The second-order valence-corrected chi connectivity index (χ2v) is 14.8. The molecule has 3 aliphatic heterocycles. The number of esters is 1. The summed E-state index contributed by atoms with van der Waals surface area (Å²) in [6, 6.07) is 7.97. The van der Waals surface area contributed by atoms with E-state index in [1.807, 2.05) is 0 Å². The molecule has 4 aromatic rings. The fraction of sp³-hybridized carbons (Fsp3) is 0.486. The molecular formula is C35H33F4N3O11S. The number of para-hydroxylation sites is 1. The number of rotatable bonds is 10. The third kappa shape index (κ3) is 6.99. The number of anilines is 1. The van der Waals surface area contributed by atoms with E-state index >= 15 is 4.39 Å². The van der Waals surface area contributed by atoms with E-state index in [4.69, 9.17) is 18.7 Å². The van der Waals surface area contributed by atoms with E-state index in [1.165, 1.54) is 24.3 Å². The van der Waals surface area contributed by atoms with Gasteiger partial charge in [0.2, 0.25) is 6.29 Å². The number of halogens is 4. The molecule has 2 aromatic carbocycles. The Hall–Kier alpha value is -4.40. The molecule has 2 aromatic heterocycles. The van der Waals surface area contributed by atoms with Crippen molar-refractivity contribution < 1.29 is 71.0 Å². The SMILES string of the molecule is O=C(O[C@@H]1O[C@H](C(=O)O)[C@@H](O)[C@H](O)[C@H]1O)c1cc(F)c2nc(N3[C@@H]4CC[C@H]3CC(OCc3c(-c5ccccc5OC(F)(F)F)noc3C3CC3)C4)sc2c1. The number of aromatic nitrogens is 2. The number of hydrogen-bond donors (Lipinski definition) is 4. The largest absolute Gasteiger partial charge is 0.573 e. The zero-order valence-electron chi connectivity index (χ0n) is 28.0. The van der Waals surface area contributed by atoms with Crippen LogP contribution in [0.15, 0.2) is 40.9 Å². The van der Waals surface area contributed by atoms with Gasteiger partial charge in [-0.05, 0) is 62.8 Å². The summed E-state index contributed by atoms with van der Waals surface area (Å²) in [7, 11) is 0. The summed E-state index contributed by atoms with van der Waals surface area (Å²) in [5.74, 6) is -3.34. The van der Waals surface area contributed by atoms with Gasteiger partial charge in [0.25, 0.3) is 0 Å². The lowest BCUT2D eigenvalue weighted by Gasteiger charge is -2.38. The zero-order chi connectivity index (χ0) is 38.1. The molecule has 4 fully saturated rings. The molecule has 8 atom stereocenters. The lowest BCUT2D eigenvalue weighted by atomic mass is 9.99. The summed E-state index contributed by atoms with van der Waals surface area (Å²) in [5.41, 5.74) is 0.704. The van der Waals surface area contributed by atoms with Gasteiger partial charge in [-0.15, -0.1) is 13.2 Å². The van der Waals surface area contributed by atoms with E-state index in [0.29, 0.717) is 34.0 Å². The topological polar surface area (TPSA) is 194 Å². The van der Waals surface area contributed by atoms with Crippen LogP contribution >= 0.6 is 11.3 Å². The molecule has 0 spiro atoms. The molecule has 1 unspecified atom stereocenters. The number of carbonyl (C=O) groups is 2. The van der Waals surface area contributed by atoms with Crippen molar-refractivity contribution in [2.24, 2.45) is 0 Å². The van der Waals surface area contributed by atoms with Gasteiger partial charge in [0, 0.05) is 29.1 Å². The molecule has 0 amide bonds. The number of aliphatic hydroxyl groups excluding tert-OH is 3. The minimum Gasteiger partial charge on any atom is -0.479 e. The molecule has 5 heterocycles. The van der Waals surface area contributed by atoms with Crippen LogP contribution in [0.3, 0.4) is 0 Å². The van der Waals surface area contributed by atoms with Crippen molar-refractivity contribution in [3.63, 3.8) is 0 Å². The summed E-state index contributed by atoms with van der Waals surface area (Å²) in [4.78, 5) is 31.1. The monoisotopic (exact) mass is 779 g/mol. The number of aliphatic hydroxyl groups is 3. The Kier molecular flexibility index (Phi) is 9.50. The maximum atomic E-state index is 15.4. The van der Waals surface area contributed by atoms with E-state index in [2.05, 4.69) is 19.8 Å². The van der Waals surface area contributed by atoms with Gasteiger partial charge in [0.15, 0.2) is 17.1 Å². The quantitative estimate of drug-likeness (QED) is 0.129. The zero-order valence-corrected chi connectivity index (χ0v) is 28.8. The van der Waals surface area contributed by atoms with Gasteiger partial charge in [-0.2, -0.15) is 0 Å². The highest BCUT2D eigenvalue weighted by Crippen LogP contribution is 2.47. The van der Waals surface area contributed by atoms with Crippen LogP contribution in [0.25, 0.3) is 21.5 Å². The second-order valence-electron chi connectivity index (χ2n) is 13.8. The fourth-order valence-corrected chi connectivity index (χ4v) is 8.68. The summed E-state index contributed by atoms with van der Waals surface area (Å²) < 4.78 is 81.8. The molecule has 0 radical (unpaired) electrons. The van der Waals surface area contributed by atoms with Gasteiger partial charge in [-0.3, -0.25) is 0 Å². The average molecular weight is 780 g/mol. The number of carbonyl (C=O) groups excluding carboxylic acids is 1. The normalized spacial score (nSPS) is 28.4. The molecular weight excluding hydrogens is 746 g/mol. The van der Waals surface area contributed by atoms with Crippen LogP contribution in [0, 0.1) is 5.82 Å². The fourth-order valence-electron chi connectivity index (χ4n) is 7.52. The number of ether oxygens (including phenoxy) is 4. The number of alkyl halides is 3. The highest BCUT2D eigenvalue weighted by molar-refractivity contribution is 7.22. The second kappa shape index (κ2) is 14.0. The number of nitrogens with zero attached hydrogens (tertiary/aromatic N) is 3. The smallest absolute Gasteiger partial charge is 0.479 e. The van der Waals surface area contributed by atoms with Crippen LogP contribution in [0.2, 0.25) is 0 Å². The maximum absolute atomic E-state index is 15.4. The minimum absolute atomic E-state index is 0.0125. The molecule has 19 heteroatoms. The Morgan fingerprint density at radius 3 is 2.41 bits per heavy atom. The van der Waals surface area contributed by atoms with Gasteiger partial charge < -0.3 is 48.8 Å². The predicted molar refractivity (Wildman–Crippen MR) is 177 cm³/mol. The van der Waals surface area contributed by atoms with Crippen molar-refractivity contribution in [3.05, 3.63) is 59.1 Å². The van der Waals surface area contributed by atoms with Crippen LogP contribution in [0.5, 0.6) is 5.75 Å². The first kappa shape index (κ1) is 36.6.